The molecule has 0 radical (unpaired) electrons. The van der Waals surface area contributed by atoms with E-state index in [0.29, 0.717) is 18.0 Å². The Hall–Kier alpha value is -1.07. The third-order valence-corrected chi connectivity index (χ3v) is 3.97. The minimum absolute atomic E-state index is 0.106. The molecule has 1 aromatic carbocycles. The van der Waals surface area contributed by atoms with E-state index in [1.54, 1.807) is 18.2 Å². The van der Waals surface area contributed by atoms with Crippen LogP contribution in [0.5, 0.6) is 0 Å². The maximum atomic E-state index is 11.8. The molecule has 4 nitrogen and oxygen atoms in total. The van der Waals surface area contributed by atoms with E-state index in [0.717, 1.165) is 5.56 Å². The van der Waals surface area contributed by atoms with Crippen LogP contribution in [-0.2, 0) is 10.0 Å². The summed E-state index contributed by atoms with van der Waals surface area (Å²) < 4.78 is 26.3. The molecule has 18 heavy (non-hydrogen) atoms. The normalized spacial score (nSPS) is 13.6. The lowest BCUT2D eigenvalue weighted by atomic mass is 10.1. The predicted octanol–water partition coefficient (Wildman–Crippen LogP) is 2.49. The molecule has 102 valence electrons. The quantitative estimate of drug-likeness (QED) is 0.834. The van der Waals surface area contributed by atoms with E-state index in [1.807, 2.05) is 26.8 Å². The molecule has 1 unspecified atom stereocenters. The fraction of sp³-hybridized carbons (Fsp3) is 0.538. The number of hydrogen-bond donors (Lipinski definition) is 2. The van der Waals surface area contributed by atoms with Crippen LogP contribution in [0.15, 0.2) is 24.3 Å². The van der Waals surface area contributed by atoms with Gasteiger partial charge in [-0.2, -0.15) is 0 Å². The van der Waals surface area contributed by atoms with Gasteiger partial charge in [0.1, 0.15) is 0 Å². The predicted molar refractivity (Wildman–Crippen MR) is 75.9 cm³/mol. The molecule has 0 aromatic heterocycles. The molecule has 1 atom stereocenters. The number of nitrogens with one attached hydrogen (secondary N) is 1. The molecule has 0 heterocycles. The molecule has 0 spiro atoms. The summed E-state index contributed by atoms with van der Waals surface area (Å²) in [5.41, 5.74) is 7.26. The topological polar surface area (TPSA) is 72.2 Å². The van der Waals surface area contributed by atoms with Gasteiger partial charge in [-0.25, -0.2) is 8.42 Å². The van der Waals surface area contributed by atoms with E-state index >= 15 is 0 Å². The van der Waals surface area contributed by atoms with Crippen molar-refractivity contribution in [3.8, 4) is 0 Å². The highest BCUT2D eigenvalue weighted by molar-refractivity contribution is 7.92. The van der Waals surface area contributed by atoms with Crippen LogP contribution in [0.2, 0.25) is 0 Å². The molecule has 0 aliphatic rings. The van der Waals surface area contributed by atoms with Gasteiger partial charge in [0.05, 0.1) is 5.75 Å². The van der Waals surface area contributed by atoms with E-state index in [-0.39, 0.29) is 11.8 Å². The van der Waals surface area contributed by atoms with Gasteiger partial charge in [0.25, 0.3) is 0 Å². The molecule has 0 saturated heterocycles. The van der Waals surface area contributed by atoms with Gasteiger partial charge < -0.3 is 5.73 Å². The molecule has 0 bridgehead atoms. The first-order valence-corrected chi connectivity index (χ1v) is 7.81. The number of hydrogen-bond acceptors (Lipinski definition) is 3. The highest BCUT2D eigenvalue weighted by Gasteiger charge is 2.12. The number of benzene rings is 1. The molecule has 0 fully saturated rings. The third kappa shape index (κ3) is 5.06. The van der Waals surface area contributed by atoms with Crippen LogP contribution in [0.1, 0.15) is 38.8 Å². The fourth-order valence-corrected chi connectivity index (χ4v) is 2.88. The zero-order chi connectivity index (χ0) is 13.8. The van der Waals surface area contributed by atoms with Gasteiger partial charge in [0, 0.05) is 11.7 Å². The molecular weight excluding hydrogens is 248 g/mol. The summed E-state index contributed by atoms with van der Waals surface area (Å²) >= 11 is 0. The second-order valence-corrected chi connectivity index (χ2v) is 6.86. The monoisotopic (exact) mass is 270 g/mol. The maximum Gasteiger partial charge on any atom is 0.232 e. The highest BCUT2D eigenvalue weighted by atomic mass is 32.2. The van der Waals surface area contributed by atoms with E-state index in [1.165, 1.54) is 0 Å². The molecule has 5 heteroatoms. The second-order valence-electron chi connectivity index (χ2n) is 5.02. The van der Waals surface area contributed by atoms with Gasteiger partial charge in [-0.05, 0) is 37.0 Å². The zero-order valence-electron chi connectivity index (χ0n) is 11.2. The molecule has 0 saturated carbocycles. The molecule has 0 aliphatic heterocycles. The third-order valence-electron chi connectivity index (χ3n) is 2.65. The first-order valence-electron chi connectivity index (χ1n) is 6.16. The van der Waals surface area contributed by atoms with Crippen molar-refractivity contribution >= 4 is 15.7 Å². The second kappa shape index (κ2) is 6.20. The first-order chi connectivity index (χ1) is 8.30. The van der Waals surface area contributed by atoms with Crippen LogP contribution < -0.4 is 10.5 Å². The molecule has 0 aliphatic carbocycles. The summed E-state index contributed by atoms with van der Waals surface area (Å²) in [6.07, 6.45) is 0.655. The van der Waals surface area contributed by atoms with Crippen molar-refractivity contribution < 1.29 is 8.42 Å². The minimum atomic E-state index is -3.26. The summed E-state index contributed by atoms with van der Waals surface area (Å²) in [5.74, 6) is 0.518. The summed E-state index contributed by atoms with van der Waals surface area (Å²) in [6.45, 7) is 5.88. The van der Waals surface area contributed by atoms with Crippen molar-refractivity contribution in [1.29, 1.82) is 0 Å². The van der Waals surface area contributed by atoms with Crippen LogP contribution in [-0.4, -0.2) is 14.2 Å². The lowest BCUT2D eigenvalue weighted by Gasteiger charge is -2.11. The van der Waals surface area contributed by atoms with E-state index in [2.05, 4.69) is 4.72 Å². The van der Waals surface area contributed by atoms with Gasteiger partial charge in [0.2, 0.25) is 10.0 Å². The van der Waals surface area contributed by atoms with Crippen LogP contribution in [0.4, 0.5) is 5.69 Å². The smallest absolute Gasteiger partial charge is 0.232 e. The summed E-state index contributed by atoms with van der Waals surface area (Å²) in [5, 5.41) is 0. The van der Waals surface area contributed by atoms with Crippen molar-refractivity contribution in [1.82, 2.24) is 0 Å². The van der Waals surface area contributed by atoms with Crippen molar-refractivity contribution in [3.63, 3.8) is 0 Å². The van der Waals surface area contributed by atoms with Crippen LogP contribution in [0, 0.1) is 5.92 Å². The fourth-order valence-electron chi connectivity index (χ4n) is 1.51. The average molecular weight is 270 g/mol. The number of sulfonamides is 1. The number of anilines is 1. The summed E-state index contributed by atoms with van der Waals surface area (Å²) in [7, 11) is -3.26. The van der Waals surface area contributed by atoms with Crippen molar-refractivity contribution in [2.45, 2.75) is 33.2 Å². The van der Waals surface area contributed by atoms with Crippen LogP contribution in [0.25, 0.3) is 0 Å². The Morgan fingerprint density at radius 1 is 1.28 bits per heavy atom. The summed E-state index contributed by atoms with van der Waals surface area (Å²) in [6, 6.07) is 7.09. The van der Waals surface area contributed by atoms with Crippen LogP contribution >= 0.6 is 0 Å². The average Bonchev–Trinajstić information content (AvgIpc) is 2.26. The number of nitrogens with two attached hydrogens (primary N) is 1. The highest BCUT2D eigenvalue weighted by Crippen LogP contribution is 2.17. The largest absolute Gasteiger partial charge is 0.324 e. The Kier molecular flexibility index (Phi) is 5.16. The van der Waals surface area contributed by atoms with E-state index in [4.69, 9.17) is 5.73 Å². The Labute approximate surface area is 110 Å². The lowest BCUT2D eigenvalue weighted by molar-refractivity contribution is 0.578. The van der Waals surface area contributed by atoms with E-state index in [9.17, 15) is 8.42 Å². The van der Waals surface area contributed by atoms with Crippen LogP contribution in [0.3, 0.4) is 0 Å². The van der Waals surface area contributed by atoms with Gasteiger partial charge >= 0.3 is 0 Å². The minimum Gasteiger partial charge on any atom is -0.324 e. The van der Waals surface area contributed by atoms with Crippen molar-refractivity contribution in [2.24, 2.45) is 11.7 Å². The zero-order valence-corrected chi connectivity index (χ0v) is 12.0. The molecular formula is C13H22N2O2S. The molecule has 1 rings (SSSR count). The molecule has 3 N–H and O–H groups in total. The Morgan fingerprint density at radius 3 is 2.50 bits per heavy atom. The SMILES string of the molecule is CC(C)CCS(=O)(=O)Nc1cccc(C(C)N)c1. The Morgan fingerprint density at radius 2 is 1.94 bits per heavy atom. The maximum absolute atomic E-state index is 11.8. The van der Waals surface area contributed by atoms with Crippen molar-refractivity contribution in [2.75, 3.05) is 10.5 Å². The van der Waals surface area contributed by atoms with Crippen molar-refractivity contribution in [3.05, 3.63) is 29.8 Å². The Balaban J connectivity index is 2.75. The first kappa shape index (κ1) is 15.0. The lowest BCUT2D eigenvalue weighted by Crippen LogP contribution is -2.18. The summed E-state index contributed by atoms with van der Waals surface area (Å²) in [4.78, 5) is 0. The molecule has 0 amide bonds. The van der Waals surface area contributed by atoms with E-state index < -0.39 is 10.0 Å². The van der Waals surface area contributed by atoms with Gasteiger partial charge in [-0.3, -0.25) is 4.72 Å². The molecule has 1 aromatic rings. The van der Waals surface area contributed by atoms with Gasteiger partial charge in [-0.15, -0.1) is 0 Å². The number of rotatable bonds is 6. The van der Waals surface area contributed by atoms with Gasteiger partial charge in [0.15, 0.2) is 0 Å². The Bertz CT molecular complexity index is 482. The van der Waals surface area contributed by atoms with Gasteiger partial charge in [-0.1, -0.05) is 26.0 Å². The standard InChI is InChI=1S/C13H22N2O2S/c1-10(2)7-8-18(16,17)15-13-6-4-5-12(9-13)11(3)14/h4-6,9-11,15H,7-8,14H2,1-3H3.